The van der Waals surface area contributed by atoms with E-state index < -0.39 is 0 Å². The molecule has 0 saturated heterocycles. The van der Waals surface area contributed by atoms with E-state index >= 15 is 0 Å². The van der Waals surface area contributed by atoms with E-state index in [9.17, 15) is 0 Å². The number of hydrogen-bond donors (Lipinski definition) is 2. The number of thiophene rings is 1. The molecule has 2 N–H and O–H groups in total. The fourth-order valence-electron chi connectivity index (χ4n) is 2.32. The summed E-state index contributed by atoms with van der Waals surface area (Å²) in [5, 5.41) is 11.2. The summed E-state index contributed by atoms with van der Waals surface area (Å²) in [6, 6.07) is 0. The fraction of sp³-hybridized carbons (Fsp3) is 0.500. The molecule has 4 nitrogen and oxygen atoms in total. The van der Waals surface area contributed by atoms with Crippen molar-refractivity contribution in [3.63, 3.8) is 0 Å². The fourth-order valence-corrected chi connectivity index (χ4v) is 3.17. The van der Waals surface area contributed by atoms with Crippen molar-refractivity contribution in [3.05, 3.63) is 33.3 Å². The van der Waals surface area contributed by atoms with E-state index in [4.69, 9.17) is 4.98 Å². The highest BCUT2D eigenvalue weighted by Crippen LogP contribution is 2.39. The van der Waals surface area contributed by atoms with Gasteiger partial charge in [0, 0.05) is 24.6 Å². The van der Waals surface area contributed by atoms with Gasteiger partial charge in [-0.1, -0.05) is 0 Å². The molecule has 0 bridgehead atoms. The highest BCUT2D eigenvalue weighted by molar-refractivity contribution is 7.08. The Hall–Kier alpha value is -1.62. The first-order valence-electron chi connectivity index (χ1n) is 7.57. The summed E-state index contributed by atoms with van der Waals surface area (Å²) >= 11 is 1.75. The summed E-state index contributed by atoms with van der Waals surface area (Å²) < 4.78 is 0. The third-order valence-corrected chi connectivity index (χ3v) is 4.77. The Morgan fingerprint density at radius 3 is 2.43 bits per heavy atom. The molecule has 1 aliphatic carbocycles. The third-order valence-electron chi connectivity index (χ3n) is 3.86. The second-order valence-electron chi connectivity index (χ2n) is 5.64. The first-order valence-corrected chi connectivity index (χ1v) is 8.51. The Balaban J connectivity index is 1.83. The van der Waals surface area contributed by atoms with Crippen LogP contribution in [0.2, 0.25) is 0 Å². The minimum absolute atomic E-state index is 0.562. The van der Waals surface area contributed by atoms with E-state index in [0.29, 0.717) is 5.92 Å². The van der Waals surface area contributed by atoms with Crippen LogP contribution >= 0.6 is 11.3 Å². The maximum absolute atomic E-state index is 4.75. The quantitative estimate of drug-likeness (QED) is 0.844. The molecular weight excluding hydrogens is 280 g/mol. The van der Waals surface area contributed by atoms with E-state index in [-0.39, 0.29) is 0 Å². The zero-order chi connectivity index (χ0) is 14.8. The maximum Gasteiger partial charge on any atom is 0.136 e. The number of rotatable bonds is 6. The van der Waals surface area contributed by atoms with Crippen LogP contribution in [0, 0.1) is 13.8 Å². The number of nitrogens with one attached hydrogen (secondary N) is 2. The van der Waals surface area contributed by atoms with Gasteiger partial charge in [0.25, 0.3) is 0 Å². The summed E-state index contributed by atoms with van der Waals surface area (Å²) in [6.07, 6.45) is 2.44. The van der Waals surface area contributed by atoms with Crippen molar-refractivity contribution in [3.8, 4) is 0 Å². The molecule has 21 heavy (non-hydrogen) atoms. The molecule has 1 aliphatic rings. The smallest absolute Gasteiger partial charge is 0.136 e. The SMILES string of the molecule is CCNc1nc(C2CC2)nc(NCc2cscc2C)c1C. The predicted octanol–water partition coefficient (Wildman–Crippen LogP) is 4.08. The van der Waals surface area contributed by atoms with Gasteiger partial charge in [0.15, 0.2) is 0 Å². The molecule has 2 aromatic rings. The van der Waals surface area contributed by atoms with Gasteiger partial charge in [-0.2, -0.15) is 11.3 Å². The molecule has 3 rings (SSSR count). The van der Waals surface area contributed by atoms with Crippen LogP contribution in [0.5, 0.6) is 0 Å². The van der Waals surface area contributed by atoms with Gasteiger partial charge in [-0.05, 0) is 55.5 Å². The lowest BCUT2D eigenvalue weighted by atomic mass is 10.2. The second kappa shape index (κ2) is 6.02. The van der Waals surface area contributed by atoms with Gasteiger partial charge >= 0.3 is 0 Å². The Labute approximate surface area is 130 Å². The molecule has 0 aromatic carbocycles. The molecule has 0 radical (unpaired) electrons. The average molecular weight is 302 g/mol. The topological polar surface area (TPSA) is 49.8 Å². The standard InChI is InChI=1S/C16H22N4S/c1-4-17-14-11(3)15(20-16(19-14)12-5-6-12)18-7-13-9-21-8-10(13)2/h8-9,12H,4-7H2,1-3H3,(H2,17,18,19,20). The van der Waals surface area contributed by atoms with Crippen LogP contribution in [0.3, 0.4) is 0 Å². The monoisotopic (exact) mass is 302 g/mol. The highest BCUT2D eigenvalue weighted by atomic mass is 32.1. The molecular formula is C16H22N4S. The van der Waals surface area contributed by atoms with Crippen molar-refractivity contribution in [1.82, 2.24) is 9.97 Å². The normalized spacial score (nSPS) is 14.2. The van der Waals surface area contributed by atoms with E-state index in [1.54, 1.807) is 11.3 Å². The van der Waals surface area contributed by atoms with Crippen LogP contribution in [0.4, 0.5) is 11.6 Å². The summed E-state index contributed by atoms with van der Waals surface area (Å²) in [5.41, 5.74) is 3.79. The molecule has 0 spiro atoms. The Bertz CT molecular complexity index is 631. The average Bonchev–Trinajstić information content (AvgIpc) is 3.24. The lowest BCUT2D eigenvalue weighted by molar-refractivity contribution is 0.908. The van der Waals surface area contributed by atoms with Crippen LogP contribution in [0.15, 0.2) is 10.8 Å². The van der Waals surface area contributed by atoms with Crippen molar-refractivity contribution in [2.45, 2.75) is 46.1 Å². The van der Waals surface area contributed by atoms with Gasteiger partial charge < -0.3 is 10.6 Å². The molecule has 2 heterocycles. The van der Waals surface area contributed by atoms with Crippen molar-refractivity contribution < 1.29 is 0 Å². The molecule has 0 aliphatic heterocycles. The molecule has 0 unspecified atom stereocenters. The molecule has 0 atom stereocenters. The number of anilines is 2. The summed E-state index contributed by atoms with van der Waals surface area (Å²) in [6.45, 7) is 8.03. The Kier molecular flexibility index (Phi) is 4.10. The van der Waals surface area contributed by atoms with Crippen molar-refractivity contribution >= 4 is 23.0 Å². The van der Waals surface area contributed by atoms with Crippen molar-refractivity contribution in [2.24, 2.45) is 0 Å². The highest BCUT2D eigenvalue weighted by Gasteiger charge is 2.28. The van der Waals surface area contributed by atoms with Gasteiger partial charge in [0.1, 0.15) is 17.5 Å². The van der Waals surface area contributed by atoms with Crippen LogP contribution < -0.4 is 10.6 Å². The van der Waals surface area contributed by atoms with E-state index in [2.05, 4.69) is 47.1 Å². The van der Waals surface area contributed by atoms with Gasteiger partial charge in [0.2, 0.25) is 0 Å². The molecule has 5 heteroatoms. The number of hydrogen-bond acceptors (Lipinski definition) is 5. The molecule has 0 amide bonds. The Morgan fingerprint density at radius 2 is 1.86 bits per heavy atom. The lowest BCUT2D eigenvalue weighted by Crippen LogP contribution is -2.11. The van der Waals surface area contributed by atoms with Crippen LogP contribution in [-0.2, 0) is 6.54 Å². The van der Waals surface area contributed by atoms with Crippen LogP contribution in [0.1, 0.15) is 48.2 Å². The van der Waals surface area contributed by atoms with Gasteiger partial charge in [-0.25, -0.2) is 9.97 Å². The van der Waals surface area contributed by atoms with Gasteiger partial charge in [-0.15, -0.1) is 0 Å². The zero-order valence-corrected chi connectivity index (χ0v) is 13.7. The minimum Gasteiger partial charge on any atom is -0.370 e. The molecule has 1 fully saturated rings. The molecule has 1 saturated carbocycles. The summed E-state index contributed by atoms with van der Waals surface area (Å²) in [7, 11) is 0. The minimum atomic E-state index is 0.562. The van der Waals surface area contributed by atoms with Gasteiger partial charge in [0.05, 0.1) is 0 Å². The van der Waals surface area contributed by atoms with Crippen molar-refractivity contribution in [2.75, 3.05) is 17.2 Å². The second-order valence-corrected chi connectivity index (χ2v) is 6.39. The van der Waals surface area contributed by atoms with E-state index in [1.165, 1.54) is 24.0 Å². The number of aryl methyl sites for hydroxylation is 1. The zero-order valence-electron chi connectivity index (χ0n) is 12.9. The van der Waals surface area contributed by atoms with Crippen molar-refractivity contribution in [1.29, 1.82) is 0 Å². The largest absolute Gasteiger partial charge is 0.370 e. The summed E-state index contributed by atoms with van der Waals surface area (Å²) in [4.78, 5) is 9.43. The van der Waals surface area contributed by atoms with E-state index in [0.717, 1.165) is 36.1 Å². The van der Waals surface area contributed by atoms with Gasteiger partial charge in [-0.3, -0.25) is 0 Å². The summed E-state index contributed by atoms with van der Waals surface area (Å²) in [5.74, 6) is 3.49. The first-order chi connectivity index (χ1) is 10.2. The van der Waals surface area contributed by atoms with Crippen LogP contribution in [-0.4, -0.2) is 16.5 Å². The number of aromatic nitrogens is 2. The van der Waals surface area contributed by atoms with Crippen LogP contribution in [0.25, 0.3) is 0 Å². The predicted molar refractivity (Wildman–Crippen MR) is 89.3 cm³/mol. The maximum atomic E-state index is 4.75. The first kappa shape index (κ1) is 14.3. The third kappa shape index (κ3) is 3.18. The molecule has 2 aromatic heterocycles. The Morgan fingerprint density at radius 1 is 1.14 bits per heavy atom. The number of nitrogens with zero attached hydrogens (tertiary/aromatic N) is 2. The molecule has 112 valence electrons. The van der Waals surface area contributed by atoms with E-state index in [1.807, 2.05) is 0 Å². The lowest BCUT2D eigenvalue weighted by Gasteiger charge is -2.14.